The van der Waals surface area contributed by atoms with Crippen LogP contribution in [0.25, 0.3) is 0 Å². The van der Waals surface area contributed by atoms with Crippen molar-refractivity contribution in [1.29, 1.82) is 5.26 Å². The molecule has 1 aliphatic rings. The number of nitriles is 1. The fourth-order valence-electron chi connectivity index (χ4n) is 2.56. The smallest absolute Gasteiger partial charge is 0.335 e. The Labute approximate surface area is 128 Å². The zero-order valence-corrected chi connectivity index (χ0v) is 12.4. The summed E-state index contributed by atoms with van der Waals surface area (Å²) in [5, 5.41) is 18.3. The second-order valence-corrected chi connectivity index (χ2v) is 5.47. The van der Waals surface area contributed by atoms with Gasteiger partial charge in [-0.05, 0) is 30.5 Å². The van der Waals surface area contributed by atoms with Crippen molar-refractivity contribution in [2.24, 2.45) is 5.41 Å². The number of nitrogens with zero attached hydrogens (tertiary/aromatic N) is 2. The summed E-state index contributed by atoms with van der Waals surface area (Å²) in [4.78, 5) is 24.9. The van der Waals surface area contributed by atoms with Crippen LogP contribution in [0.3, 0.4) is 0 Å². The van der Waals surface area contributed by atoms with Crippen molar-refractivity contribution < 1.29 is 19.4 Å². The molecule has 0 aliphatic carbocycles. The predicted octanol–water partition coefficient (Wildman–Crippen LogP) is 1.66. The van der Waals surface area contributed by atoms with Crippen LogP contribution in [0.4, 0.5) is 0 Å². The third-order valence-corrected chi connectivity index (χ3v) is 3.94. The number of benzene rings is 1. The Morgan fingerprint density at radius 3 is 2.41 bits per heavy atom. The summed E-state index contributed by atoms with van der Waals surface area (Å²) in [5.41, 5.74) is 0.0187. The summed E-state index contributed by atoms with van der Waals surface area (Å²) in [7, 11) is 1.65. The molecule has 0 radical (unpaired) electrons. The second-order valence-electron chi connectivity index (χ2n) is 5.47. The summed E-state index contributed by atoms with van der Waals surface area (Å²) < 4.78 is 5.23. The molecule has 1 heterocycles. The van der Waals surface area contributed by atoms with Gasteiger partial charge in [0.25, 0.3) is 0 Å². The summed E-state index contributed by atoms with van der Waals surface area (Å²) >= 11 is 0. The predicted molar refractivity (Wildman–Crippen MR) is 78.0 cm³/mol. The van der Waals surface area contributed by atoms with E-state index in [1.165, 1.54) is 17.0 Å². The molecule has 1 aromatic rings. The molecule has 1 saturated heterocycles. The minimum Gasteiger partial charge on any atom is -0.478 e. The summed E-state index contributed by atoms with van der Waals surface area (Å²) in [6, 6.07) is 8.52. The molecule has 6 heteroatoms. The molecule has 0 aromatic heterocycles. The van der Waals surface area contributed by atoms with Crippen LogP contribution in [0, 0.1) is 16.7 Å². The largest absolute Gasteiger partial charge is 0.478 e. The Balaban J connectivity index is 2.07. The van der Waals surface area contributed by atoms with E-state index in [2.05, 4.69) is 6.07 Å². The van der Waals surface area contributed by atoms with Gasteiger partial charge in [0, 0.05) is 26.8 Å². The van der Waals surface area contributed by atoms with Gasteiger partial charge in [-0.15, -0.1) is 0 Å². The highest BCUT2D eigenvalue weighted by atomic mass is 16.5. The molecule has 6 nitrogen and oxygen atoms in total. The lowest BCUT2D eigenvalue weighted by atomic mass is 9.80. The van der Waals surface area contributed by atoms with Gasteiger partial charge in [-0.2, -0.15) is 5.26 Å². The summed E-state index contributed by atoms with van der Waals surface area (Å²) in [6.45, 7) is 1.17. The van der Waals surface area contributed by atoms with Gasteiger partial charge in [0.05, 0.1) is 11.6 Å². The van der Waals surface area contributed by atoms with Crippen molar-refractivity contribution >= 4 is 11.9 Å². The zero-order valence-electron chi connectivity index (χ0n) is 12.4. The van der Waals surface area contributed by atoms with Crippen molar-refractivity contribution in [1.82, 2.24) is 4.90 Å². The molecule has 1 N–H and O–H groups in total. The van der Waals surface area contributed by atoms with Gasteiger partial charge in [-0.25, -0.2) is 4.79 Å². The van der Waals surface area contributed by atoms with Gasteiger partial charge in [-0.3, -0.25) is 4.79 Å². The molecule has 1 fully saturated rings. The minimum absolute atomic E-state index is 0.204. The second kappa shape index (κ2) is 6.58. The van der Waals surface area contributed by atoms with Crippen LogP contribution in [-0.4, -0.2) is 42.1 Å². The molecule has 0 saturated carbocycles. The average molecular weight is 302 g/mol. The monoisotopic (exact) mass is 302 g/mol. The quantitative estimate of drug-likeness (QED) is 0.913. The fourth-order valence-corrected chi connectivity index (χ4v) is 2.56. The van der Waals surface area contributed by atoms with Crippen molar-refractivity contribution in [3.05, 3.63) is 35.4 Å². The van der Waals surface area contributed by atoms with Crippen LogP contribution in [0.2, 0.25) is 0 Å². The Morgan fingerprint density at radius 2 is 1.91 bits per heavy atom. The number of aromatic carboxylic acids is 1. The van der Waals surface area contributed by atoms with Crippen LogP contribution in [-0.2, 0) is 16.1 Å². The van der Waals surface area contributed by atoms with Crippen molar-refractivity contribution in [3.63, 3.8) is 0 Å². The Bertz CT molecular complexity index is 598. The first-order valence-electron chi connectivity index (χ1n) is 7.05. The molecule has 116 valence electrons. The molecule has 0 atom stereocenters. The van der Waals surface area contributed by atoms with Gasteiger partial charge < -0.3 is 14.7 Å². The lowest BCUT2D eigenvalue weighted by Gasteiger charge is -2.33. The molecular weight excluding hydrogens is 284 g/mol. The first-order chi connectivity index (χ1) is 10.5. The molecule has 1 amide bonds. The summed E-state index contributed by atoms with van der Waals surface area (Å²) in [6.07, 6.45) is 0.815. The summed E-state index contributed by atoms with van der Waals surface area (Å²) in [5.74, 6) is -1.19. The van der Waals surface area contributed by atoms with Gasteiger partial charge in [0.1, 0.15) is 5.41 Å². The Kier molecular flexibility index (Phi) is 4.78. The topological polar surface area (TPSA) is 90.6 Å². The first kappa shape index (κ1) is 16.0. The molecule has 0 bridgehead atoms. The van der Waals surface area contributed by atoms with E-state index in [4.69, 9.17) is 9.84 Å². The highest BCUT2D eigenvalue weighted by Gasteiger charge is 2.42. The van der Waals surface area contributed by atoms with Crippen LogP contribution in [0.15, 0.2) is 24.3 Å². The highest BCUT2D eigenvalue weighted by Crippen LogP contribution is 2.32. The van der Waals surface area contributed by atoms with E-state index in [9.17, 15) is 14.9 Å². The molecule has 1 aromatic carbocycles. The molecular formula is C16H18N2O4. The SMILES string of the molecule is CN(Cc1ccc(C(=O)O)cc1)C(=O)C1(C#N)CCOCC1. The number of rotatable bonds is 4. The van der Waals surface area contributed by atoms with E-state index < -0.39 is 11.4 Å². The Morgan fingerprint density at radius 1 is 1.32 bits per heavy atom. The van der Waals surface area contributed by atoms with E-state index in [0.29, 0.717) is 32.6 Å². The maximum atomic E-state index is 12.6. The van der Waals surface area contributed by atoms with Crippen molar-refractivity contribution in [3.8, 4) is 6.07 Å². The number of carbonyl (C=O) groups excluding carboxylic acids is 1. The number of carbonyl (C=O) groups is 2. The molecule has 0 spiro atoms. The number of ether oxygens (including phenoxy) is 1. The van der Waals surface area contributed by atoms with Crippen LogP contribution in [0.1, 0.15) is 28.8 Å². The van der Waals surface area contributed by atoms with E-state index >= 15 is 0 Å². The maximum Gasteiger partial charge on any atom is 0.335 e. The van der Waals surface area contributed by atoms with Crippen molar-refractivity contribution in [2.75, 3.05) is 20.3 Å². The molecule has 0 unspecified atom stereocenters. The van der Waals surface area contributed by atoms with Crippen LogP contribution >= 0.6 is 0 Å². The van der Waals surface area contributed by atoms with Gasteiger partial charge in [-0.1, -0.05) is 12.1 Å². The number of carboxylic acid groups (broad SMARTS) is 1. The third kappa shape index (κ3) is 3.26. The normalized spacial score (nSPS) is 16.5. The third-order valence-electron chi connectivity index (χ3n) is 3.94. The van der Waals surface area contributed by atoms with E-state index in [1.54, 1.807) is 19.2 Å². The number of hydrogen-bond donors (Lipinski definition) is 1. The fraction of sp³-hybridized carbons (Fsp3) is 0.438. The maximum absolute atomic E-state index is 12.6. The molecule has 22 heavy (non-hydrogen) atoms. The van der Waals surface area contributed by atoms with Crippen LogP contribution in [0.5, 0.6) is 0 Å². The zero-order chi connectivity index (χ0) is 16.2. The van der Waals surface area contributed by atoms with Gasteiger partial charge in [0.15, 0.2) is 0 Å². The Hall–Kier alpha value is -2.39. The van der Waals surface area contributed by atoms with E-state index in [0.717, 1.165) is 5.56 Å². The average Bonchev–Trinajstić information content (AvgIpc) is 2.55. The first-order valence-corrected chi connectivity index (χ1v) is 7.05. The lowest BCUT2D eigenvalue weighted by molar-refractivity contribution is -0.142. The standard InChI is InChI=1S/C16H18N2O4/c1-18(10-12-2-4-13(5-3-12)14(19)20)15(21)16(11-17)6-8-22-9-7-16/h2-5H,6-10H2,1H3,(H,19,20). The van der Waals surface area contributed by atoms with Crippen LogP contribution < -0.4 is 0 Å². The van der Waals surface area contributed by atoms with E-state index in [-0.39, 0.29) is 11.5 Å². The van der Waals surface area contributed by atoms with E-state index in [1.807, 2.05) is 0 Å². The number of carboxylic acids is 1. The van der Waals surface area contributed by atoms with Crippen molar-refractivity contribution in [2.45, 2.75) is 19.4 Å². The number of hydrogen-bond acceptors (Lipinski definition) is 4. The molecule has 2 rings (SSSR count). The lowest BCUT2D eigenvalue weighted by Crippen LogP contribution is -2.44. The minimum atomic E-state index is -1.01. The number of amides is 1. The van der Waals surface area contributed by atoms with Gasteiger partial charge in [0.2, 0.25) is 5.91 Å². The van der Waals surface area contributed by atoms with Gasteiger partial charge >= 0.3 is 5.97 Å². The molecule has 1 aliphatic heterocycles. The highest BCUT2D eigenvalue weighted by molar-refractivity contribution is 5.87.